The Labute approximate surface area is 243 Å². The first-order valence-electron chi connectivity index (χ1n) is 13.7. The molecule has 3 aromatic carbocycles. The van der Waals surface area contributed by atoms with Crippen molar-refractivity contribution >= 4 is 34.0 Å². The lowest BCUT2D eigenvalue weighted by Gasteiger charge is -2.23. The van der Waals surface area contributed by atoms with Gasteiger partial charge in [0.1, 0.15) is 6.29 Å². The van der Waals surface area contributed by atoms with Crippen molar-refractivity contribution in [2.24, 2.45) is 0 Å². The zero-order valence-electron chi connectivity index (χ0n) is 23.6. The van der Waals surface area contributed by atoms with E-state index in [9.17, 15) is 18.0 Å². The lowest BCUT2D eigenvalue weighted by molar-refractivity contribution is -0.109. The summed E-state index contributed by atoms with van der Waals surface area (Å²) in [7, 11) is -3.48. The third kappa shape index (κ3) is 9.04. The summed E-state index contributed by atoms with van der Waals surface area (Å²) in [5.74, 6) is 0.546. The number of aldehydes is 1. The lowest BCUT2D eigenvalue weighted by atomic mass is 9.93. The van der Waals surface area contributed by atoms with Gasteiger partial charge in [-0.3, -0.25) is 4.79 Å². The van der Waals surface area contributed by atoms with Gasteiger partial charge in [0.25, 0.3) is 5.91 Å². The van der Waals surface area contributed by atoms with Crippen LogP contribution in [0.2, 0.25) is 0 Å². The van der Waals surface area contributed by atoms with Crippen molar-refractivity contribution in [2.45, 2.75) is 52.1 Å². The second-order valence-corrected chi connectivity index (χ2v) is 13.0. The highest BCUT2D eigenvalue weighted by molar-refractivity contribution is 7.98. The van der Waals surface area contributed by atoms with Crippen molar-refractivity contribution in [2.75, 3.05) is 24.3 Å². The number of nitrogens with one attached hydrogen (secondary N) is 1. The van der Waals surface area contributed by atoms with E-state index in [4.69, 9.17) is 0 Å². The van der Waals surface area contributed by atoms with Crippen LogP contribution < -0.4 is 5.32 Å². The SMILES string of the molecule is CCCCS(=O)(=O)N(CCc1ccccc1)Cc1ccc(C(=O)N[C@H](C=O)CCSC)c(-c2ccccc2C)c1. The Morgan fingerprint density at radius 2 is 1.73 bits per heavy atom. The molecule has 0 aliphatic rings. The number of sulfonamides is 1. The maximum absolute atomic E-state index is 13.4. The topological polar surface area (TPSA) is 83.6 Å². The summed E-state index contributed by atoms with van der Waals surface area (Å²) in [6.45, 7) is 4.55. The van der Waals surface area contributed by atoms with Gasteiger partial charge in [0.05, 0.1) is 11.8 Å². The molecule has 40 heavy (non-hydrogen) atoms. The number of carbonyl (C=O) groups excluding carboxylic acids is 2. The summed E-state index contributed by atoms with van der Waals surface area (Å²) in [6, 6.07) is 22.6. The first-order valence-corrected chi connectivity index (χ1v) is 16.7. The van der Waals surface area contributed by atoms with Crippen molar-refractivity contribution in [1.29, 1.82) is 0 Å². The summed E-state index contributed by atoms with van der Waals surface area (Å²) >= 11 is 1.62. The molecule has 1 amide bonds. The molecule has 0 aromatic heterocycles. The van der Waals surface area contributed by atoms with E-state index in [-0.39, 0.29) is 18.2 Å². The van der Waals surface area contributed by atoms with Crippen LogP contribution in [0.5, 0.6) is 0 Å². The molecular formula is C32H40N2O4S2. The summed E-state index contributed by atoms with van der Waals surface area (Å²) < 4.78 is 28.3. The van der Waals surface area contributed by atoms with Gasteiger partial charge in [-0.15, -0.1) is 0 Å². The number of aryl methyl sites for hydroxylation is 1. The molecule has 0 spiro atoms. The summed E-state index contributed by atoms with van der Waals surface area (Å²) in [5, 5.41) is 2.87. The van der Waals surface area contributed by atoms with Crippen LogP contribution in [0.4, 0.5) is 0 Å². The van der Waals surface area contributed by atoms with Crippen LogP contribution in [0.3, 0.4) is 0 Å². The Balaban J connectivity index is 1.97. The fourth-order valence-electron chi connectivity index (χ4n) is 4.53. The highest BCUT2D eigenvalue weighted by Crippen LogP contribution is 2.29. The molecule has 0 bridgehead atoms. The fraction of sp³-hybridized carbons (Fsp3) is 0.375. The Kier molecular flexibility index (Phi) is 12.4. The van der Waals surface area contributed by atoms with Crippen LogP contribution in [0.1, 0.15) is 53.2 Å². The highest BCUT2D eigenvalue weighted by atomic mass is 32.2. The standard InChI is InChI=1S/C32H40N2O4S2/c1-4-5-21-40(37,38)34(19-17-26-12-7-6-8-13-26)23-27-15-16-30(32(36)33-28(24-35)18-20-39-3)31(22-27)29-14-10-9-11-25(29)2/h6-16,22,24,28H,4-5,17-21,23H2,1-3H3,(H,33,36)/t28-/m0/s1. The van der Waals surface area contributed by atoms with Crippen LogP contribution in [-0.4, -0.2) is 55.3 Å². The van der Waals surface area contributed by atoms with E-state index in [1.54, 1.807) is 22.1 Å². The second-order valence-electron chi connectivity index (χ2n) is 9.93. The van der Waals surface area contributed by atoms with E-state index >= 15 is 0 Å². The average Bonchev–Trinajstić information content (AvgIpc) is 2.96. The van der Waals surface area contributed by atoms with Gasteiger partial charge >= 0.3 is 0 Å². The molecule has 0 saturated heterocycles. The van der Waals surface area contributed by atoms with Crippen LogP contribution >= 0.6 is 11.8 Å². The van der Waals surface area contributed by atoms with Gasteiger partial charge in [0, 0.05) is 18.7 Å². The van der Waals surface area contributed by atoms with E-state index in [0.717, 1.165) is 46.3 Å². The maximum Gasteiger partial charge on any atom is 0.252 e. The first-order chi connectivity index (χ1) is 19.3. The quantitative estimate of drug-likeness (QED) is 0.214. The molecule has 6 nitrogen and oxygen atoms in total. The van der Waals surface area contributed by atoms with E-state index in [0.29, 0.717) is 31.4 Å². The van der Waals surface area contributed by atoms with Gasteiger partial charge in [-0.1, -0.05) is 74.0 Å². The minimum Gasteiger partial charge on any atom is -0.342 e. The van der Waals surface area contributed by atoms with Gasteiger partial charge in [-0.2, -0.15) is 16.1 Å². The molecule has 0 aliphatic carbocycles. The number of thioether (sulfide) groups is 1. The molecule has 8 heteroatoms. The zero-order chi connectivity index (χ0) is 29.0. The number of carbonyl (C=O) groups is 2. The van der Waals surface area contributed by atoms with Gasteiger partial charge in [0.2, 0.25) is 10.0 Å². The van der Waals surface area contributed by atoms with Crippen molar-refractivity contribution in [3.8, 4) is 11.1 Å². The second kappa shape index (κ2) is 15.7. The largest absolute Gasteiger partial charge is 0.342 e. The molecule has 0 heterocycles. The molecule has 1 atom stereocenters. The Hall–Kier alpha value is -2.94. The van der Waals surface area contributed by atoms with E-state index in [1.807, 2.05) is 86.8 Å². The minimum absolute atomic E-state index is 0.104. The third-order valence-corrected chi connectivity index (χ3v) is 9.43. The lowest BCUT2D eigenvalue weighted by Crippen LogP contribution is -2.37. The van der Waals surface area contributed by atoms with Crippen molar-refractivity contribution in [3.63, 3.8) is 0 Å². The van der Waals surface area contributed by atoms with Gasteiger partial charge in [0.15, 0.2) is 0 Å². The summed E-state index contributed by atoms with van der Waals surface area (Å²) in [4.78, 5) is 25.0. The van der Waals surface area contributed by atoms with Crippen molar-refractivity contribution in [1.82, 2.24) is 9.62 Å². The predicted molar refractivity (Wildman–Crippen MR) is 166 cm³/mol. The number of unbranched alkanes of at least 4 members (excludes halogenated alkanes) is 1. The predicted octanol–water partition coefficient (Wildman–Crippen LogP) is 5.89. The van der Waals surface area contributed by atoms with E-state index < -0.39 is 16.1 Å². The number of benzene rings is 3. The number of nitrogens with zero attached hydrogens (tertiary/aromatic N) is 1. The summed E-state index contributed by atoms with van der Waals surface area (Å²) in [5.41, 5.74) is 4.95. The molecule has 0 unspecified atom stereocenters. The van der Waals surface area contributed by atoms with Crippen LogP contribution in [0, 0.1) is 6.92 Å². The van der Waals surface area contributed by atoms with E-state index in [1.165, 1.54) is 0 Å². The first kappa shape index (κ1) is 31.6. The van der Waals surface area contributed by atoms with Crippen molar-refractivity contribution < 1.29 is 18.0 Å². The number of rotatable bonds is 16. The Morgan fingerprint density at radius 1 is 1.00 bits per heavy atom. The number of amides is 1. The fourth-order valence-corrected chi connectivity index (χ4v) is 6.64. The Morgan fingerprint density at radius 3 is 2.40 bits per heavy atom. The van der Waals surface area contributed by atoms with Crippen LogP contribution in [0.15, 0.2) is 72.8 Å². The molecule has 1 N–H and O–H groups in total. The average molecular weight is 581 g/mol. The molecule has 0 radical (unpaired) electrons. The molecular weight excluding hydrogens is 540 g/mol. The molecule has 3 rings (SSSR count). The zero-order valence-corrected chi connectivity index (χ0v) is 25.3. The molecule has 0 saturated carbocycles. The van der Waals surface area contributed by atoms with Crippen LogP contribution in [0.25, 0.3) is 11.1 Å². The Bertz CT molecular complexity index is 1360. The monoisotopic (exact) mass is 580 g/mol. The maximum atomic E-state index is 13.4. The van der Waals surface area contributed by atoms with Gasteiger partial charge in [-0.25, -0.2) is 8.42 Å². The summed E-state index contributed by atoms with van der Waals surface area (Å²) in [6.07, 6.45) is 5.31. The smallest absolute Gasteiger partial charge is 0.252 e. The van der Waals surface area contributed by atoms with Gasteiger partial charge in [-0.05, 0) is 78.1 Å². The molecule has 0 fully saturated rings. The minimum atomic E-state index is -3.48. The number of hydrogen-bond acceptors (Lipinski definition) is 5. The normalized spacial score (nSPS) is 12.3. The molecule has 3 aromatic rings. The number of hydrogen-bond donors (Lipinski definition) is 1. The van der Waals surface area contributed by atoms with Gasteiger partial charge < -0.3 is 10.1 Å². The van der Waals surface area contributed by atoms with Crippen LogP contribution in [-0.2, 0) is 27.8 Å². The molecule has 214 valence electrons. The molecule has 0 aliphatic heterocycles. The highest BCUT2D eigenvalue weighted by Gasteiger charge is 2.24. The van der Waals surface area contributed by atoms with E-state index in [2.05, 4.69) is 5.32 Å². The van der Waals surface area contributed by atoms with Crippen molar-refractivity contribution in [3.05, 3.63) is 95.1 Å². The third-order valence-electron chi connectivity index (χ3n) is 6.88.